The molecule has 3 N–H and O–H groups in total. The molecule has 2 atom stereocenters. The molecule has 0 saturated heterocycles. The van der Waals surface area contributed by atoms with Gasteiger partial charge in [0, 0.05) is 13.1 Å². The van der Waals surface area contributed by atoms with E-state index < -0.39 is 5.60 Å². The van der Waals surface area contributed by atoms with E-state index in [2.05, 4.69) is 12.2 Å². The van der Waals surface area contributed by atoms with Crippen LogP contribution in [0.3, 0.4) is 0 Å². The standard InChI is InChI=1S/C14H29NO2/c1-3-8-14(2,17)11-15-10-13(16)9-12-6-4-5-7-12/h12-13,15-17H,3-11H2,1-2H3. The zero-order valence-corrected chi connectivity index (χ0v) is 11.4. The molecule has 1 aliphatic rings. The van der Waals surface area contributed by atoms with E-state index in [4.69, 9.17) is 0 Å². The number of hydrogen-bond acceptors (Lipinski definition) is 3. The molecule has 17 heavy (non-hydrogen) atoms. The third-order valence-electron chi connectivity index (χ3n) is 3.75. The van der Waals surface area contributed by atoms with Crippen molar-refractivity contribution in [2.24, 2.45) is 5.92 Å². The highest BCUT2D eigenvalue weighted by Gasteiger charge is 2.21. The van der Waals surface area contributed by atoms with Crippen molar-refractivity contribution in [3.8, 4) is 0 Å². The quantitative estimate of drug-likeness (QED) is 0.612. The van der Waals surface area contributed by atoms with E-state index in [0.717, 1.165) is 25.2 Å². The minimum absolute atomic E-state index is 0.254. The molecule has 0 aromatic heterocycles. The summed E-state index contributed by atoms with van der Waals surface area (Å²) in [4.78, 5) is 0. The van der Waals surface area contributed by atoms with Crippen molar-refractivity contribution in [3.05, 3.63) is 0 Å². The third-order valence-corrected chi connectivity index (χ3v) is 3.75. The Morgan fingerprint density at radius 3 is 2.59 bits per heavy atom. The number of aliphatic hydroxyl groups is 2. The van der Waals surface area contributed by atoms with Gasteiger partial charge in [-0.15, -0.1) is 0 Å². The maximum Gasteiger partial charge on any atom is 0.0743 e. The van der Waals surface area contributed by atoms with Crippen LogP contribution in [0.4, 0.5) is 0 Å². The molecule has 0 aromatic carbocycles. The molecule has 0 spiro atoms. The average molecular weight is 243 g/mol. The van der Waals surface area contributed by atoms with Crippen LogP contribution in [0.5, 0.6) is 0 Å². The molecule has 0 aliphatic heterocycles. The van der Waals surface area contributed by atoms with E-state index in [0.29, 0.717) is 13.1 Å². The molecule has 0 bridgehead atoms. The van der Waals surface area contributed by atoms with Crippen molar-refractivity contribution < 1.29 is 10.2 Å². The van der Waals surface area contributed by atoms with Gasteiger partial charge in [-0.2, -0.15) is 0 Å². The van der Waals surface area contributed by atoms with Gasteiger partial charge >= 0.3 is 0 Å². The first-order chi connectivity index (χ1) is 8.03. The first kappa shape index (κ1) is 14.9. The summed E-state index contributed by atoms with van der Waals surface area (Å²) in [6.45, 7) is 5.11. The molecule has 1 aliphatic carbocycles. The molecule has 0 heterocycles. The maximum atomic E-state index is 9.97. The molecule has 3 heteroatoms. The largest absolute Gasteiger partial charge is 0.392 e. The van der Waals surface area contributed by atoms with Crippen molar-refractivity contribution in [3.63, 3.8) is 0 Å². The van der Waals surface area contributed by atoms with Crippen molar-refractivity contribution >= 4 is 0 Å². The van der Waals surface area contributed by atoms with Gasteiger partial charge in [0.15, 0.2) is 0 Å². The van der Waals surface area contributed by atoms with Crippen molar-refractivity contribution in [1.82, 2.24) is 5.32 Å². The normalized spacial score (nSPS) is 22.6. The fourth-order valence-corrected chi connectivity index (χ4v) is 2.85. The topological polar surface area (TPSA) is 52.5 Å². The van der Waals surface area contributed by atoms with Gasteiger partial charge in [-0.3, -0.25) is 0 Å². The summed E-state index contributed by atoms with van der Waals surface area (Å²) in [5.74, 6) is 0.725. The summed E-state index contributed by atoms with van der Waals surface area (Å²) in [5, 5.41) is 23.0. The zero-order chi connectivity index (χ0) is 12.7. The Kier molecular flexibility index (Phi) is 6.45. The number of aliphatic hydroxyl groups excluding tert-OH is 1. The van der Waals surface area contributed by atoms with Crippen LogP contribution < -0.4 is 5.32 Å². The lowest BCUT2D eigenvalue weighted by atomic mass is 9.99. The van der Waals surface area contributed by atoms with Gasteiger partial charge < -0.3 is 15.5 Å². The van der Waals surface area contributed by atoms with Crippen LogP contribution in [-0.4, -0.2) is 35.0 Å². The van der Waals surface area contributed by atoms with Crippen LogP contribution >= 0.6 is 0 Å². The van der Waals surface area contributed by atoms with Crippen LogP contribution in [0.25, 0.3) is 0 Å². The van der Waals surface area contributed by atoms with Crippen molar-refractivity contribution in [2.45, 2.75) is 70.5 Å². The third kappa shape index (κ3) is 6.39. The highest BCUT2D eigenvalue weighted by molar-refractivity contribution is 4.77. The van der Waals surface area contributed by atoms with Gasteiger partial charge in [-0.25, -0.2) is 0 Å². The molecule has 1 fully saturated rings. The summed E-state index contributed by atoms with van der Waals surface area (Å²) in [7, 11) is 0. The van der Waals surface area contributed by atoms with E-state index in [-0.39, 0.29) is 6.10 Å². The van der Waals surface area contributed by atoms with Gasteiger partial charge in [-0.05, 0) is 25.7 Å². The maximum absolute atomic E-state index is 9.97. The predicted octanol–water partition coefficient (Wildman–Crippen LogP) is 2.07. The van der Waals surface area contributed by atoms with E-state index >= 15 is 0 Å². The average Bonchev–Trinajstić information content (AvgIpc) is 2.69. The van der Waals surface area contributed by atoms with Gasteiger partial charge in [-0.1, -0.05) is 39.0 Å². The molecule has 1 saturated carbocycles. The van der Waals surface area contributed by atoms with E-state index in [9.17, 15) is 10.2 Å². The summed E-state index contributed by atoms with van der Waals surface area (Å²) in [6, 6.07) is 0. The van der Waals surface area contributed by atoms with E-state index in [1.54, 1.807) is 0 Å². The fraction of sp³-hybridized carbons (Fsp3) is 1.00. The lowest BCUT2D eigenvalue weighted by Crippen LogP contribution is -2.40. The van der Waals surface area contributed by atoms with Gasteiger partial charge in [0.2, 0.25) is 0 Å². The smallest absolute Gasteiger partial charge is 0.0743 e. The number of rotatable bonds is 8. The Morgan fingerprint density at radius 1 is 1.35 bits per heavy atom. The lowest BCUT2D eigenvalue weighted by molar-refractivity contribution is 0.0449. The summed E-state index contributed by atoms with van der Waals surface area (Å²) >= 11 is 0. The van der Waals surface area contributed by atoms with Gasteiger partial charge in [0.25, 0.3) is 0 Å². The predicted molar refractivity (Wildman–Crippen MR) is 71.0 cm³/mol. The first-order valence-electron chi connectivity index (χ1n) is 7.14. The summed E-state index contributed by atoms with van der Waals surface area (Å²) in [6.07, 6.45) is 7.68. The highest BCUT2D eigenvalue weighted by Crippen LogP contribution is 2.28. The van der Waals surface area contributed by atoms with Crippen LogP contribution in [-0.2, 0) is 0 Å². The molecule has 102 valence electrons. The minimum Gasteiger partial charge on any atom is -0.392 e. The van der Waals surface area contributed by atoms with E-state index in [1.165, 1.54) is 25.7 Å². The summed E-state index contributed by atoms with van der Waals surface area (Å²) < 4.78 is 0. The molecular weight excluding hydrogens is 214 g/mol. The Labute approximate surface area is 106 Å². The molecule has 2 unspecified atom stereocenters. The van der Waals surface area contributed by atoms with Crippen LogP contribution in [0.15, 0.2) is 0 Å². The molecule has 1 rings (SSSR count). The van der Waals surface area contributed by atoms with Crippen LogP contribution in [0.2, 0.25) is 0 Å². The second-order valence-corrected chi connectivity index (χ2v) is 5.92. The Hall–Kier alpha value is -0.120. The van der Waals surface area contributed by atoms with E-state index in [1.807, 2.05) is 6.92 Å². The Morgan fingerprint density at radius 2 is 2.00 bits per heavy atom. The Bertz CT molecular complexity index is 200. The monoisotopic (exact) mass is 243 g/mol. The number of hydrogen-bond donors (Lipinski definition) is 3. The molecule has 3 nitrogen and oxygen atoms in total. The SMILES string of the molecule is CCCC(C)(O)CNCC(O)CC1CCCC1. The van der Waals surface area contributed by atoms with Crippen molar-refractivity contribution in [2.75, 3.05) is 13.1 Å². The van der Waals surface area contributed by atoms with Gasteiger partial charge in [0.05, 0.1) is 11.7 Å². The highest BCUT2D eigenvalue weighted by atomic mass is 16.3. The molecule has 0 aromatic rings. The lowest BCUT2D eigenvalue weighted by Gasteiger charge is -2.24. The Balaban J connectivity index is 2.08. The minimum atomic E-state index is -0.637. The van der Waals surface area contributed by atoms with Gasteiger partial charge in [0.1, 0.15) is 0 Å². The second-order valence-electron chi connectivity index (χ2n) is 5.92. The molecular formula is C14H29NO2. The van der Waals surface area contributed by atoms with Crippen LogP contribution in [0.1, 0.15) is 58.8 Å². The first-order valence-corrected chi connectivity index (χ1v) is 7.14. The second kappa shape index (κ2) is 7.34. The summed E-state index contributed by atoms with van der Waals surface area (Å²) in [5.41, 5.74) is -0.637. The number of nitrogens with one attached hydrogen (secondary N) is 1. The zero-order valence-electron chi connectivity index (χ0n) is 11.4. The molecule has 0 amide bonds. The molecule has 0 radical (unpaired) electrons. The van der Waals surface area contributed by atoms with Crippen LogP contribution in [0, 0.1) is 5.92 Å². The van der Waals surface area contributed by atoms with Crippen molar-refractivity contribution in [1.29, 1.82) is 0 Å². The fourth-order valence-electron chi connectivity index (χ4n) is 2.85.